The summed E-state index contributed by atoms with van der Waals surface area (Å²) in [7, 11) is 0. The lowest BCUT2D eigenvalue weighted by molar-refractivity contribution is -0.143. The van der Waals surface area contributed by atoms with Crippen molar-refractivity contribution in [1.29, 1.82) is 0 Å². The minimum absolute atomic E-state index is 0.0787. The smallest absolute Gasteiger partial charge is 0.325 e. The molecule has 0 heterocycles. The van der Waals surface area contributed by atoms with Gasteiger partial charge in [0.15, 0.2) is 5.78 Å². The number of benzene rings is 1. The number of ketones is 1. The Labute approximate surface area is 124 Å². The maximum Gasteiger partial charge on any atom is 0.325 e. The van der Waals surface area contributed by atoms with E-state index in [0.29, 0.717) is 17.8 Å². The molecule has 0 atom stereocenters. The molecule has 0 unspecified atom stereocenters. The highest BCUT2D eigenvalue weighted by Gasteiger charge is 2.16. The highest BCUT2D eigenvalue weighted by molar-refractivity contribution is 5.97. The van der Waals surface area contributed by atoms with E-state index in [1.54, 1.807) is 38.1 Å². The number of ether oxygens (including phenoxy) is 1. The number of esters is 1. The zero-order valence-electron chi connectivity index (χ0n) is 12.5. The summed E-state index contributed by atoms with van der Waals surface area (Å²) >= 11 is 0. The fourth-order valence-corrected chi connectivity index (χ4v) is 1.71. The van der Waals surface area contributed by atoms with Crippen LogP contribution in [0.2, 0.25) is 0 Å². The van der Waals surface area contributed by atoms with Crippen LogP contribution >= 0.6 is 0 Å². The predicted octanol–water partition coefficient (Wildman–Crippen LogP) is 2.31. The van der Waals surface area contributed by atoms with Gasteiger partial charge in [0.2, 0.25) is 0 Å². The molecular formula is C15H20N2O4. The Bertz CT molecular complexity index is 528. The monoisotopic (exact) mass is 292 g/mol. The minimum atomic E-state index is -0.452. The van der Waals surface area contributed by atoms with Crippen molar-refractivity contribution in [3.63, 3.8) is 0 Å². The third kappa shape index (κ3) is 5.25. The van der Waals surface area contributed by atoms with Crippen LogP contribution in [0.25, 0.3) is 0 Å². The molecule has 1 rings (SSSR count). The molecule has 0 bridgehead atoms. The van der Waals surface area contributed by atoms with Crippen LogP contribution in [0.5, 0.6) is 0 Å². The van der Waals surface area contributed by atoms with Crippen LogP contribution in [-0.4, -0.2) is 42.4 Å². The highest BCUT2D eigenvalue weighted by atomic mass is 16.5. The lowest BCUT2D eigenvalue weighted by Gasteiger charge is -2.20. The Morgan fingerprint density at radius 2 is 1.95 bits per heavy atom. The summed E-state index contributed by atoms with van der Waals surface area (Å²) < 4.78 is 4.82. The fourth-order valence-electron chi connectivity index (χ4n) is 1.71. The van der Waals surface area contributed by atoms with E-state index >= 15 is 0 Å². The summed E-state index contributed by atoms with van der Waals surface area (Å²) in [5.74, 6) is -0.531. The van der Waals surface area contributed by atoms with Gasteiger partial charge in [0.1, 0.15) is 6.54 Å². The molecule has 0 aliphatic carbocycles. The lowest BCUT2D eigenvalue weighted by Crippen LogP contribution is -2.39. The molecule has 114 valence electrons. The topological polar surface area (TPSA) is 75.7 Å². The van der Waals surface area contributed by atoms with Gasteiger partial charge in [0.25, 0.3) is 0 Å². The average Bonchev–Trinajstić information content (AvgIpc) is 2.45. The SMILES string of the molecule is CCOC(=O)CN(CC)C(=O)Nc1cccc(C(C)=O)c1. The molecule has 0 aliphatic rings. The molecule has 0 fully saturated rings. The number of Topliss-reactive ketones (excluding diaryl/α,β-unsaturated/α-hetero) is 1. The summed E-state index contributed by atoms with van der Waals surface area (Å²) in [6.45, 7) is 5.48. The molecule has 0 spiro atoms. The third-order valence-electron chi connectivity index (χ3n) is 2.81. The summed E-state index contributed by atoms with van der Waals surface area (Å²) in [6, 6.07) is 6.23. The minimum Gasteiger partial charge on any atom is -0.465 e. The Morgan fingerprint density at radius 3 is 2.52 bits per heavy atom. The van der Waals surface area contributed by atoms with Crippen molar-refractivity contribution in [2.24, 2.45) is 0 Å². The second-order valence-electron chi connectivity index (χ2n) is 4.39. The number of hydrogen-bond donors (Lipinski definition) is 1. The van der Waals surface area contributed by atoms with Crippen LogP contribution in [-0.2, 0) is 9.53 Å². The Hall–Kier alpha value is -2.37. The van der Waals surface area contributed by atoms with E-state index in [4.69, 9.17) is 4.74 Å². The van der Waals surface area contributed by atoms with Crippen molar-refractivity contribution in [2.45, 2.75) is 20.8 Å². The molecular weight excluding hydrogens is 272 g/mol. The standard InChI is InChI=1S/C15H20N2O4/c1-4-17(10-14(19)21-5-2)15(20)16-13-8-6-7-12(9-13)11(3)18/h6-9H,4-5,10H2,1-3H3,(H,16,20). The normalized spacial score (nSPS) is 9.86. The van der Waals surface area contributed by atoms with Gasteiger partial charge in [0.05, 0.1) is 6.61 Å². The van der Waals surface area contributed by atoms with Crippen molar-refractivity contribution < 1.29 is 19.1 Å². The van der Waals surface area contributed by atoms with Crippen LogP contribution in [0.4, 0.5) is 10.5 Å². The van der Waals surface area contributed by atoms with Crippen LogP contribution in [0.15, 0.2) is 24.3 Å². The van der Waals surface area contributed by atoms with Crippen LogP contribution < -0.4 is 5.32 Å². The molecule has 0 radical (unpaired) electrons. The number of nitrogens with one attached hydrogen (secondary N) is 1. The Morgan fingerprint density at radius 1 is 1.24 bits per heavy atom. The molecule has 0 aliphatic heterocycles. The Kier molecular flexibility index (Phi) is 6.39. The summed E-state index contributed by atoms with van der Waals surface area (Å²) in [5.41, 5.74) is 1.02. The zero-order chi connectivity index (χ0) is 15.8. The number of carbonyl (C=O) groups excluding carboxylic acids is 3. The first-order valence-corrected chi connectivity index (χ1v) is 6.80. The first-order chi connectivity index (χ1) is 9.97. The van der Waals surface area contributed by atoms with Gasteiger partial charge in [-0.3, -0.25) is 9.59 Å². The largest absolute Gasteiger partial charge is 0.465 e. The highest BCUT2D eigenvalue weighted by Crippen LogP contribution is 2.12. The lowest BCUT2D eigenvalue weighted by atomic mass is 10.1. The van der Waals surface area contributed by atoms with E-state index in [1.807, 2.05) is 0 Å². The predicted molar refractivity (Wildman–Crippen MR) is 79.3 cm³/mol. The van der Waals surface area contributed by atoms with Gasteiger partial charge in [-0.05, 0) is 32.9 Å². The summed E-state index contributed by atoms with van der Waals surface area (Å²) in [5, 5.41) is 2.66. The second-order valence-corrected chi connectivity index (χ2v) is 4.39. The number of anilines is 1. The molecule has 6 heteroatoms. The number of hydrogen-bond acceptors (Lipinski definition) is 4. The third-order valence-corrected chi connectivity index (χ3v) is 2.81. The van der Waals surface area contributed by atoms with E-state index in [1.165, 1.54) is 11.8 Å². The number of urea groups is 1. The van der Waals surface area contributed by atoms with Crippen molar-refractivity contribution >= 4 is 23.5 Å². The van der Waals surface area contributed by atoms with Gasteiger partial charge in [-0.1, -0.05) is 12.1 Å². The fraction of sp³-hybridized carbons (Fsp3) is 0.400. The van der Waals surface area contributed by atoms with E-state index in [9.17, 15) is 14.4 Å². The molecule has 0 saturated carbocycles. The number of nitrogens with zero attached hydrogens (tertiary/aromatic N) is 1. The quantitative estimate of drug-likeness (QED) is 0.645. The van der Waals surface area contributed by atoms with Gasteiger partial charge in [-0.15, -0.1) is 0 Å². The van der Waals surface area contributed by atoms with Gasteiger partial charge >= 0.3 is 12.0 Å². The van der Waals surface area contributed by atoms with Crippen molar-refractivity contribution in [2.75, 3.05) is 25.0 Å². The van der Waals surface area contributed by atoms with Gasteiger partial charge < -0.3 is 15.0 Å². The average molecular weight is 292 g/mol. The number of likely N-dealkylation sites (N-methyl/N-ethyl adjacent to an activating group) is 1. The maximum atomic E-state index is 12.1. The van der Waals surface area contributed by atoms with Crippen LogP contribution in [0.1, 0.15) is 31.1 Å². The molecule has 21 heavy (non-hydrogen) atoms. The zero-order valence-corrected chi connectivity index (χ0v) is 12.5. The summed E-state index contributed by atoms with van der Waals surface area (Å²) in [4.78, 5) is 36.1. The molecule has 1 N–H and O–H groups in total. The number of amides is 2. The van der Waals surface area contributed by atoms with Crippen LogP contribution in [0, 0.1) is 0 Å². The number of rotatable bonds is 6. The second kappa shape index (κ2) is 8.04. The van der Waals surface area contributed by atoms with Crippen molar-refractivity contribution in [3.8, 4) is 0 Å². The first-order valence-electron chi connectivity index (χ1n) is 6.80. The first kappa shape index (κ1) is 16.7. The molecule has 0 saturated heterocycles. The van der Waals surface area contributed by atoms with E-state index in [-0.39, 0.29) is 18.9 Å². The summed E-state index contributed by atoms with van der Waals surface area (Å²) in [6.07, 6.45) is 0. The Balaban J connectivity index is 2.71. The molecule has 1 aromatic carbocycles. The van der Waals surface area contributed by atoms with Crippen molar-refractivity contribution in [1.82, 2.24) is 4.90 Å². The number of carbonyl (C=O) groups is 3. The van der Waals surface area contributed by atoms with E-state index < -0.39 is 12.0 Å². The molecule has 1 aromatic rings. The van der Waals surface area contributed by atoms with Gasteiger partial charge in [-0.2, -0.15) is 0 Å². The molecule has 6 nitrogen and oxygen atoms in total. The van der Waals surface area contributed by atoms with Gasteiger partial charge in [0, 0.05) is 17.8 Å². The molecule has 2 amide bonds. The molecule has 0 aromatic heterocycles. The maximum absolute atomic E-state index is 12.1. The van der Waals surface area contributed by atoms with E-state index in [2.05, 4.69) is 5.32 Å². The van der Waals surface area contributed by atoms with Crippen molar-refractivity contribution in [3.05, 3.63) is 29.8 Å². The van der Waals surface area contributed by atoms with Crippen LogP contribution in [0.3, 0.4) is 0 Å². The van der Waals surface area contributed by atoms with E-state index in [0.717, 1.165) is 0 Å². The van der Waals surface area contributed by atoms with Gasteiger partial charge in [-0.25, -0.2) is 4.79 Å².